The van der Waals surface area contributed by atoms with Gasteiger partial charge in [-0.3, -0.25) is 14.4 Å². The van der Waals surface area contributed by atoms with Gasteiger partial charge < -0.3 is 24.2 Å². The van der Waals surface area contributed by atoms with Gasteiger partial charge in [0.1, 0.15) is 11.5 Å². The number of benzene rings is 2. The summed E-state index contributed by atoms with van der Waals surface area (Å²) >= 11 is 0. The summed E-state index contributed by atoms with van der Waals surface area (Å²) in [6, 6.07) is 13.3. The molecule has 0 saturated heterocycles. The lowest BCUT2D eigenvalue weighted by atomic mass is 10.2. The van der Waals surface area contributed by atoms with Gasteiger partial charge >= 0.3 is 0 Å². The number of ether oxygens (including phenoxy) is 2. The monoisotopic (exact) mass is 870 g/mol. The molecule has 0 aliphatic rings. The minimum absolute atomic E-state index is 0.00246. The molecule has 0 aliphatic heterocycles. The topological polar surface area (TPSA) is 192 Å². The standard InChI is InChI=1S/C10H13NO2.C9H13NO3S.C6H13NO.C5H13NO2S.C4H9NO.C3H9NO2S/c1-11(2)10(12)8-4-6-9(13-3)7-5-8;1-10(2)14(11,12)9-6-4-8(13-3)5-7-9;1-4-5-6(8)7(2)3;1-4-5-9(7,8)6(2)3;1-4(6)5(2)3;1-4(2)7(3,5)6/h4-7H,1-3H3;4-7H,1-3H3;4-5H2,1-3H3;4-5H2,1-3H3;1-3H3;1-3H3. The Morgan fingerprint density at radius 2 is 0.930 bits per heavy atom. The van der Waals surface area contributed by atoms with E-state index < -0.39 is 30.1 Å². The molecule has 0 bridgehead atoms. The van der Waals surface area contributed by atoms with Crippen molar-refractivity contribution in [1.29, 1.82) is 0 Å². The molecule has 17 nitrogen and oxygen atoms in total. The lowest BCUT2D eigenvalue weighted by Gasteiger charge is -2.11. The third kappa shape index (κ3) is 29.1. The van der Waals surface area contributed by atoms with Crippen molar-refractivity contribution in [2.75, 3.05) is 111 Å². The highest BCUT2D eigenvalue weighted by Gasteiger charge is 2.16. The van der Waals surface area contributed by atoms with Crippen LogP contribution in [0.15, 0.2) is 53.4 Å². The number of carbonyl (C=O) groups excluding carboxylic acids is 3. The van der Waals surface area contributed by atoms with E-state index in [0.29, 0.717) is 24.2 Å². The summed E-state index contributed by atoms with van der Waals surface area (Å²) in [5.41, 5.74) is 0.672. The highest BCUT2D eigenvalue weighted by Crippen LogP contribution is 2.17. The van der Waals surface area contributed by atoms with Crippen LogP contribution < -0.4 is 9.47 Å². The summed E-state index contributed by atoms with van der Waals surface area (Å²) in [5.74, 6) is 1.96. The van der Waals surface area contributed by atoms with Crippen LogP contribution >= 0.6 is 0 Å². The van der Waals surface area contributed by atoms with Gasteiger partial charge in [-0.25, -0.2) is 38.2 Å². The predicted octanol–water partition coefficient (Wildman–Crippen LogP) is 3.11. The Kier molecular flexibility index (Phi) is 31.8. The molecule has 2 rings (SSSR count). The lowest BCUT2D eigenvalue weighted by Crippen LogP contribution is -2.24. The average Bonchev–Trinajstić information content (AvgIpc) is 3.12. The first-order valence-corrected chi connectivity index (χ1v) is 22.4. The normalized spacial score (nSPS) is 10.6. The van der Waals surface area contributed by atoms with Crippen LogP contribution in [0.25, 0.3) is 0 Å². The fourth-order valence-corrected chi connectivity index (χ4v) is 4.61. The highest BCUT2D eigenvalue weighted by atomic mass is 32.2. The van der Waals surface area contributed by atoms with Crippen molar-refractivity contribution >= 4 is 47.8 Å². The van der Waals surface area contributed by atoms with Gasteiger partial charge in [-0.1, -0.05) is 13.8 Å². The number of hydrogen-bond donors (Lipinski definition) is 0. The van der Waals surface area contributed by atoms with E-state index in [0.717, 1.165) is 22.7 Å². The molecule has 0 atom stereocenters. The van der Waals surface area contributed by atoms with E-state index >= 15 is 0 Å². The molecule has 3 amide bonds. The molecular formula is C37H70N6O11S3. The predicted molar refractivity (Wildman–Crippen MR) is 229 cm³/mol. The van der Waals surface area contributed by atoms with Gasteiger partial charge in [0.25, 0.3) is 5.91 Å². The molecule has 20 heteroatoms. The van der Waals surface area contributed by atoms with Crippen molar-refractivity contribution in [2.45, 2.75) is 44.9 Å². The second kappa shape index (κ2) is 30.3. The molecule has 0 heterocycles. The summed E-state index contributed by atoms with van der Waals surface area (Å²) in [7, 11) is 13.5. The highest BCUT2D eigenvalue weighted by molar-refractivity contribution is 7.89. The van der Waals surface area contributed by atoms with Gasteiger partial charge in [-0.05, 0) is 61.4 Å². The van der Waals surface area contributed by atoms with Crippen LogP contribution in [0.3, 0.4) is 0 Å². The first-order chi connectivity index (χ1) is 25.9. The molecule has 57 heavy (non-hydrogen) atoms. The minimum atomic E-state index is -3.32. The Morgan fingerprint density at radius 1 is 0.561 bits per heavy atom. The Hall–Kier alpha value is -3.82. The van der Waals surface area contributed by atoms with Crippen molar-refractivity contribution in [3.05, 3.63) is 54.1 Å². The van der Waals surface area contributed by atoms with Crippen LogP contribution in [0.4, 0.5) is 0 Å². The summed E-state index contributed by atoms with van der Waals surface area (Å²) in [5, 5.41) is 0. The van der Waals surface area contributed by atoms with E-state index in [1.54, 1.807) is 110 Å². The van der Waals surface area contributed by atoms with Crippen LogP contribution in [0, 0.1) is 0 Å². The second-order valence-corrected chi connectivity index (χ2v) is 19.6. The minimum Gasteiger partial charge on any atom is -0.497 e. The molecule has 332 valence electrons. The fraction of sp³-hybridized carbons (Fsp3) is 0.595. The summed E-state index contributed by atoms with van der Waals surface area (Å²) < 4.78 is 79.0. The summed E-state index contributed by atoms with van der Waals surface area (Å²) in [6.07, 6.45) is 3.46. The van der Waals surface area contributed by atoms with E-state index in [9.17, 15) is 39.6 Å². The van der Waals surface area contributed by atoms with Crippen molar-refractivity contribution in [1.82, 2.24) is 27.6 Å². The van der Waals surface area contributed by atoms with E-state index in [2.05, 4.69) is 0 Å². The van der Waals surface area contributed by atoms with Gasteiger partial charge in [0, 0.05) is 103 Å². The Bertz CT molecular complexity index is 1750. The molecule has 2 aromatic rings. The number of sulfonamides is 3. The SMILES string of the molecule is CC(=O)N(C)C.CCCC(=O)N(C)C.CCCS(=O)(=O)N(C)C.CN(C)S(C)(=O)=O.COc1ccc(C(=O)N(C)C)cc1.COc1ccc(S(=O)(=O)N(C)C)cc1. The lowest BCUT2D eigenvalue weighted by molar-refractivity contribution is -0.128. The zero-order valence-corrected chi connectivity index (χ0v) is 39.8. The van der Waals surface area contributed by atoms with Gasteiger partial charge in [0.15, 0.2) is 0 Å². The first-order valence-electron chi connectivity index (χ1n) is 17.5. The van der Waals surface area contributed by atoms with Crippen LogP contribution in [-0.4, -0.2) is 181 Å². The van der Waals surface area contributed by atoms with Gasteiger partial charge in [0.05, 0.1) is 31.1 Å². The molecule has 0 fully saturated rings. The van der Waals surface area contributed by atoms with Crippen molar-refractivity contribution in [3.63, 3.8) is 0 Å². The largest absolute Gasteiger partial charge is 0.497 e. The molecule has 0 aromatic heterocycles. The van der Waals surface area contributed by atoms with Crippen LogP contribution in [0.5, 0.6) is 11.5 Å². The molecular weight excluding hydrogens is 801 g/mol. The van der Waals surface area contributed by atoms with Crippen molar-refractivity contribution < 1.29 is 49.1 Å². The number of methoxy groups -OCH3 is 2. The third-order valence-corrected chi connectivity index (χ3v) is 12.0. The number of rotatable bonds is 11. The molecule has 0 saturated carbocycles. The van der Waals surface area contributed by atoms with Crippen molar-refractivity contribution in [2.24, 2.45) is 0 Å². The van der Waals surface area contributed by atoms with Gasteiger partial charge in [-0.15, -0.1) is 0 Å². The van der Waals surface area contributed by atoms with Gasteiger partial charge in [-0.2, -0.15) is 0 Å². The van der Waals surface area contributed by atoms with E-state index in [-0.39, 0.29) is 28.4 Å². The Morgan fingerprint density at radius 3 is 1.12 bits per heavy atom. The van der Waals surface area contributed by atoms with Gasteiger partial charge in [0.2, 0.25) is 41.9 Å². The third-order valence-electron chi connectivity index (χ3n) is 6.86. The number of hydrogen-bond acceptors (Lipinski definition) is 11. The molecule has 0 spiro atoms. The molecule has 2 aromatic carbocycles. The van der Waals surface area contributed by atoms with Crippen LogP contribution in [0.1, 0.15) is 50.4 Å². The van der Waals surface area contributed by atoms with E-state index in [1.165, 1.54) is 67.9 Å². The smallest absolute Gasteiger partial charge is 0.253 e. The summed E-state index contributed by atoms with van der Waals surface area (Å²) in [4.78, 5) is 37.1. The Labute approximate surface area is 344 Å². The fourth-order valence-electron chi connectivity index (χ4n) is 2.83. The van der Waals surface area contributed by atoms with Crippen LogP contribution in [0.2, 0.25) is 0 Å². The zero-order chi connectivity index (χ0) is 45.9. The quantitative estimate of drug-likeness (QED) is 0.323. The first kappa shape index (κ1) is 59.9. The molecule has 0 unspecified atom stereocenters. The molecule has 0 radical (unpaired) electrons. The summed E-state index contributed by atoms with van der Waals surface area (Å²) in [6.45, 7) is 5.38. The maximum absolute atomic E-state index is 11.6. The molecule has 0 aliphatic carbocycles. The average molecular weight is 871 g/mol. The maximum atomic E-state index is 11.6. The Balaban J connectivity index is -0.000000304. The number of nitrogens with zero attached hydrogens (tertiary/aromatic N) is 6. The maximum Gasteiger partial charge on any atom is 0.253 e. The van der Waals surface area contributed by atoms with Crippen LogP contribution in [-0.2, 0) is 39.7 Å². The second-order valence-electron chi connectivity index (χ2n) is 13.0. The van der Waals surface area contributed by atoms with E-state index in [4.69, 9.17) is 9.47 Å². The molecule has 0 N–H and O–H groups in total. The zero-order valence-electron chi connectivity index (χ0n) is 37.3. The van der Waals surface area contributed by atoms with Crippen molar-refractivity contribution in [3.8, 4) is 11.5 Å². The van der Waals surface area contributed by atoms with E-state index in [1.807, 2.05) is 13.8 Å². The number of amides is 3. The number of carbonyl (C=O) groups is 3.